The molecule has 3 N–H and O–H groups in total. The van der Waals surface area contributed by atoms with Gasteiger partial charge in [0, 0.05) is 18.9 Å². The van der Waals surface area contributed by atoms with Crippen LogP contribution in [0.4, 0.5) is 18.9 Å². The molecule has 0 radical (unpaired) electrons. The summed E-state index contributed by atoms with van der Waals surface area (Å²) in [6.45, 7) is 2.79. The fourth-order valence-electron chi connectivity index (χ4n) is 2.13. The SMILES string of the molecule is Cc1cc(C(F)(F)F)nn1[C@@H](C)C(=O)Nc1cn(C)nc1C(N)=O. The maximum absolute atomic E-state index is 12.7. The van der Waals surface area contributed by atoms with Crippen LogP contribution in [0, 0.1) is 6.92 Å². The molecule has 2 rings (SSSR count). The van der Waals surface area contributed by atoms with E-state index in [4.69, 9.17) is 5.73 Å². The first-order chi connectivity index (χ1) is 11.0. The van der Waals surface area contributed by atoms with Crippen LogP contribution in [0.25, 0.3) is 0 Å². The van der Waals surface area contributed by atoms with Crippen LogP contribution < -0.4 is 11.1 Å². The zero-order valence-electron chi connectivity index (χ0n) is 13.0. The van der Waals surface area contributed by atoms with Gasteiger partial charge in [0.1, 0.15) is 6.04 Å². The van der Waals surface area contributed by atoms with Crippen molar-refractivity contribution in [2.75, 3.05) is 5.32 Å². The van der Waals surface area contributed by atoms with E-state index in [0.717, 1.165) is 10.7 Å². The molecule has 0 aliphatic heterocycles. The Morgan fingerprint density at radius 1 is 1.33 bits per heavy atom. The molecule has 2 aromatic rings. The first kappa shape index (κ1) is 17.5. The second-order valence-electron chi connectivity index (χ2n) is 5.21. The third-order valence-electron chi connectivity index (χ3n) is 3.28. The number of carbonyl (C=O) groups excluding carboxylic acids is 2. The summed E-state index contributed by atoms with van der Waals surface area (Å²) in [5.74, 6) is -1.50. The van der Waals surface area contributed by atoms with Gasteiger partial charge in [-0.25, -0.2) is 0 Å². The van der Waals surface area contributed by atoms with E-state index in [9.17, 15) is 22.8 Å². The molecule has 0 aliphatic rings. The Morgan fingerprint density at radius 2 is 1.96 bits per heavy atom. The first-order valence-electron chi connectivity index (χ1n) is 6.78. The number of nitrogens with zero attached hydrogens (tertiary/aromatic N) is 4. The molecule has 2 aromatic heterocycles. The molecular weight excluding hydrogens is 329 g/mol. The minimum atomic E-state index is -4.60. The predicted molar refractivity (Wildman–Crippen MR) is 77.0 cm³/mol. The minimum absolute atomic E-state index is 0.0719. The molecule has 0 saturated carbocycles. The van der Waals surface area contributed by atoms with Crippen molar-refractivity contribution in [2.45, 2.75) is 26.1 Å². The second-order valence-corrected chi connectivity index (χ2v) is 5.21. The highest BCUT2D eigenvalue weighted by molar-refractivity contribution is 6.02. The van der Waals surface area contributed by atoms with Crippen molar-refractivity contribution in [3.05, 3.63) is 29.3 Å². The highest BCUT2D eigenvalue weighted by atomic mass is 19.4. The van der Waals surface area contributed by atoms with Gasteiger partial charge in [-0.15, -0.1) is 0 Å². The summed E-state index contributed by atoms with van der Waals surface area (Å²) >= 11 is 0. The molecule has 11 heteroatoms. The Kier molecular flexibility index (Phi) is 4.36. The number of amides is 2. The number of aromatic nitrogens is 4. The molecule has 130 valence electrons. The summed E-state index contributed by atoms with van der Waals surface area (Å²) < 4.78 is 40.3. The summed E-state index contributed by atoms with van der Waals surface area (Å²) in [5.41, 5.74) is 4.17. The molecule has 0 spiro atoms. The van der Waals surface area contributed by atoms with Gasteiger partial charge in [-0.2, -0.15) is 23.4 Å². The number of rotatable bonds is 4. The van der Waals surface area contributed by atoms with E-state index in [-0.39, 0.29) is 17.1 Å². The molecule has 24 heavy (non-hydrogen) atoms. The molecule has 2 amide bonds. The van der Waals surface area contributed by atoms with Crippen LogP contribution >= 0.6 is 0 Å². The smallest absolute Gasteiger partial charge is 0.364 e. The number of primary amides is 1. The van der Waals surface area contributed by atoms with E-state index in [1.54, 1.807) is 0 Å². The lowest BCUT2D eigenvalue weighted by atomic mass is 10.2. The van der Waals surface area contributed by atoms with Gasteiger partial charge in [0.2, 0.25) is 5.91 Å². The van der Waals surface area contributed by atoms with Crippen LogP contribution in [0.2, 0.25) is 0 Å². The summed E-state index contributed by atoms with van der Waals surface area (Å²) in [6.07, 6.45) is -3.24. The van der Waals surface area contributed by atoms with E-state index in [1.165, 1.54) is 31.8 Å². The number of anilines is 1. The Morgan fingerprint density at radius 3 is 2.46 bits per heavy atom. The summed E-state index contributed by atoms with van der Waals surface area (Å²) in [7, 11) is 1.53. The predicted octanol–water partition coefficient (Wildman–Crippen LogP) is 1.24. The standard InChI is InChI=1S/C13H15F3N6O2/c1-6-4-9(13(14,15)16)19-22(6)7(2)12(24)18-8-5-21(3)20-10(8)11(17)23/h4-5,7H,1-3H3,(H2,17,23)(H,18,24)/t7-/m0/s1. The zero-order valence-corrected chi connectivity index (χ0v) is 13.0. The molecule has 2 heterocycles. The number of nitrogens with one attached hydrogen (secondary N) is 1. The number of carbonyl (C=O) groups is 2. The largest absolute Gasteiger partial charge is 0.435 e. The van der Waals surface area contributed by atoms with E-state index in [0.29, 0.717) is 0 Å². The fourth-order valence-corrected chi connectivity index (χ4v) is 2.13. The summed E-state index contributed by atoms with van der Waals surface area (Å²) in [5, 5.41) is 9.65. The molecule has 0 fully saturated rings. The fraction of sp³-hybridized carbons (Fsp3) is 0.385. The third-order valence-corrected chi connectivity index (χ3v) is 3.28. The van der Waals surface area contributed by atoms with Crippen LogP contribution in [0.5, 0.6) is 0 Å². The lowest BCUT2D eigenvalue weighted by Crippen LogP contribution is -2.26. The van der Waals surface area contributed by atoms with Gasteiger partial charge in [0.25, 0.3) is 5.91 Å². The molecule has 0 saturated heterocycles. The number of hydrogen-bond acceptors (Lipinski definition) is 4. The molecule has 0 aromatic carbocycles. The normalized spacial score (nSPS) is 12.9. The van der Waals surface area contributed by atoms with Crippen molar-refractivity contribution in [2.24, 2.45) is 12.8 Å². The maximum atomic E-state index is 12.7. The summed E-state index contributed by atoms with van der Waals surface area (Å²) in [4.78, 5) is 23.5. The highest BCUT2D eigenvalue weighted by Crippen LogP contribution is 2.29. The van der Waals surface area contributed by atoms with Gasteiger partial charge in [-0.1, -0.05) is 0 Å². The topological polar surface area (TPSA) is 108 Å². The van der Waals surface area contributed by atoms with Gasteiger partial charge >= 0.3 is 6.18 Å². The van der Waals surface area contributed by atoms with Gasteiger partial charge in [-0.05, 0) is 19.9 Å². The van der Waals surface area contributed by atoms with Crippen molar-refractivity contribution in [3.63, 3.8) is 0 Å². The lowest BCUT2D eigenvalue weighted by Gasteiger charge is -2.14. The summed E-state index contributed by atoms with van der Waals surface area (Å²) in [6, 6.07) is -0.190. The number of aryl methyl sites for hydroxylation is 2. The molecule has 8 nitrogen and oxygen atoms in total. The van der Waals surface area contributed by atoms with Crippen molar-refractivity contribution >= 4 is 17.5 Å². The second kappa shape index (κ2) is 5.98. The number of halogens is 3. The van der Waals surface area contributed by atoms with E-state index < -0.39 is 29.7 Å². The molecule has 0 aliphatic carbocycles. The zero-order chi connectivity index (χ0) is 18.2. The Labute approximate surface area is 134 Å². The average molecular weight is 344 g/mol. The number of nitrogens with two attached hydrogens (primary N) is 1. The van der Waals surface area contributed by atoms with Gasteiger partial charge < -0.3 is 11.1 Å². The molecule has 1 atom stereocenters. The van der Waals surface area contributed by atoms with E-state index in [1.807, 2.05) is 0 Å². The third kappa shape index (κ3) is 3.39. The van der Waals surface area contributed by atoms with Crippen molar-refractivity contribution in [1.82, 2.24) is 19.6 Å². The Balaban J connectivity index is 2.25. The monoisotopic (exact) mass is 344 g/mol. The van der Waals surface area contributed by atoms with Crippen LogP contribution in [-0.2, 0) is 18.0 Å². The molecular formula is C13H15F3N6O2. The number of alkyl halides is 3. The minimum Gasteiger partial charge on any atom is -0.364 e. The molecule has 0 bridgehead atoms. The Bertz CT molecular complexity index is 792. The van der Waals surface area contributed by atoms with Gasteiger partial charge in [0.15, 0.2) is 11.4 Å². The maximum Gasteiger partial charge on any atom is 0.435 e. The first-order valence-corrected chi connectivity index (χ1v) is 6.78. The Hall–Kier alpha value is -2.85. The highest BCUT2D eigenvalue weighted by Gasteiger charge is 2.35. The van der Waals surface area contributed by atoms with Crippen LogP contribution in [0.1, 0.15) is 34.8 Å². The van der Waals surface area contributed by atoms with Crippen LogP contribution in [0.15, 0.2) is 12.3 Å². The molecule has 0 unspecified atom stereocenters. The number of hydrogen-bond donors (Lipinski definition) is 2. The van der Waals surface area contributed by atoms with E-state index in [2.05, 4.69) is 15.5 Å². The van der Waals surface area contributed by atoms with Crippen molar-refractivity contribution in [1.29, 1.82) is 0 Å². The van der Waals surface area contributed by atoms with Gasteiger partial charge in [0.05, 0.1) is 5.69 Å². The van der Waals surface area contributed by atoms with Crippen molar-refractivity contribution < 1.29 is 22.8 Å². The van der Waals surface area contributed by atoms with Crippen LogP contribution in [-0.4, -0.2) is 31.4 Å². The lowest BCUT2D eigenvalue weighted by molar-refractivity contribution is -0.141. The van der Waals surface area contributed by atoms with E-state index >= 15 is 0 Å². The van der Waals surface area contributed by atoms with Crippen molar-refractivity contribution in [3.8, 4) is 0 Å². The quantitative estimate of drug-likeness (QED) is 0.870. The van der Waals surface area contributed by atoms with Crippen LogP contribution in [0.3, 0.4) is 0 Å². The average Bonchev–Trinajstić information content (AvgIpc) is 3.00. The van der Waals surface area contributed by atoms with Gasteiger partial charge in [-0.3, -0.25) is 19.0 Å².